The number of fused-ring (bicyclic) bond motifs is 3. The number of rotatable bonds is 11. The quantitative estimate of drug-likeness (QED) is 0.152. The molecule has 1 fully saturated rings. The first kappa shape index (κ1) is 36.2. The Morgan fingerprint density at radius 3 is 2.50 bits per heavy atom. The fraction of sp³-hybridized carbons (Fsp3) is 0.317. The molecule has 0 saturated carbocycles. The summed E-state index contributed by atoms with van der Waals surface area (Å²) in [5.41, 5.74) is 3.61. The van der Waals surface area contributed by atoms with Crippen LogP contribution >= 0.6 is 15.9 Å². The maximum atomic E-state index is 15.2. The van der Waals surface area contributed by atoms with Gasteiger partial charge >= 0.3 is 0 Å². The van der Waals surface area contributed by atoms with Crippen molar-refractivity contribution in [3.05, 3.63) is 129 Å². The van der Waals surface area contributed by atoms with Crippen molar-refractivity contribution in [2.45, 2.75) is 63.2 Å². The number of halogens is 1. The summed E-state index contributed by atoms with van der Waals surface area (Å²) in [4.78, 5) is 30.2. The molecule has 2 aromatic heterocycles. The number of nitrogens with zero attached hydrogens (tertiary/aromatic N) is 5. The second-order valence-corrected chi connectivity index (χ2v) is 20.5. The number of anilines is 1. The van der Waals surface area contributed by atoms with Crippen LogP contribution < -0.4 is 20.4 Å². The summed E-state index contributed by atoms with van der Waals surface area (Å²) in [6, 6.07) is 29.6. The highest BCUT2D eigenvalue weighted by atomic mass is 79.9. The van der Waals surface area contributed by atoms with Gasteiger partial charge in [0.1, 0.15) is 5.75 Å². The van der Waals surface area contributed by atoms with E-state index >= 15 is 4.79 Å². The largest absolute Gasteiger partial charge is 0.497 e. The standard InChI is InChI=1S/C41H43BrN6O5Si/c1-26-38(54(3,4)32-16-14-31(52-2)15-17-32)37(19-21-46-25-29(20-22-49)43-45-46)53-41(26)34-23-28(42)11-18-36(34)47(40(41)51)24-27-9-12-30(13-10-27)48-39(50)33-7-5-6-8-35(33)44-48/h5-18,23,25-26,37-38,44,49H,19-22,24H2,1-4H3/t26-,37+,38-,41+/m1/s1. The van der Waals surface area contributed by atoms with E-state index in [1.807, 2.05) is 88.6 Å². The van der Waals surface area contributed by atoms with Gasteiger partial charge in [0, 0.05) is 41.7 Å². The lowest BCUT2D eigenvalue weighted by Crippen LogP contribution is -2.51. The topological polar surface area (TPSA) is 127 Å². The van der Waals surface area contributed by atoms with Crippen LogP contribution in [0.15, 0.2) is 106 Å². The number of aliphatic hydroxyl groups excluding tert-OH is 1. The molecule has 13 heteroatoms. The monoisotopic (exact) mass is 806 g/mol. The van der Waals surface area contributed by atoms with Crippen molar-refractivity contribution in [3.63, 3.8) is 0 Å². The molecule has 0 aliphatic carbocycles. The van der Waals surface area contributed by atoms with E-state index in [1.54, 1.807) is 11.8 Å². The number of benzene rings is 4. The van der Waals surface area contributed by atoms with Crippen LogP contribution in [0.25, 0.3) is 16.6 Å². The van der Waals surface area contributed by atoms with Crippen molar-refractivity contribution in [2.75, 3.05) is 18.6 Å². The molecule has 2 aliphatic rings. The van der Waals surface area contributed by atoms with Crippen molar-refractivity contribution in [1.29, 1.82) is 0 Å². The van der Waals surface area contributed by atoms with Crippen LogP contribution in [0, 0.1) is 5.92 Å². The minimum absolute atomic E-state index is 0.00995. The van der Waals surface area contributed by atoms with Crippen LogP contribution in [0.4, 0.5) is 5.69 Å². The van der Waals surface area contributed by atoms with E-state index in [1.165, 1.54) is 5.19 Å². The number of hydrogen-bond acceptors (Lipinski definition) is 7. The van der Waals surface area contributed by atoms with Gasteiger partial charge in [-0.3, -0.25) is 19.4 Å². The minimum atomic E-state index is -2.34. The molecule has 4 aromatic carbocycles. The second-order valence-electron chi connectivity index (χ2n) is 14.9. The number of hydrogen-bond donors (Lipinski definition) is 2. The number of ether oxygens (including phenoxy) is 2. The van der Waals surface area contributed by atoms with Gasteiger partial charge in [-0.1, -0.05) is 82.7 Å². The van der Waals surface area contributed by atoms with Gasteiger partial charge in [-0.05, 0) is 72.1 Å². The third kappa shape index (κ3) is 6.03. The molecule has 6 aromatic rings. The molecule has 0 radical (unpaired) electrons. The van der Waals surface area contributed by atoms with Crippen LogP contribution in [-0.4, -0.2) is 63.7 Å². The number of aromatic amines is 1. The van der Waals surface area contributed by atoms with Crippen LogP contribution in [0.3, 0.4) is 0 Å². The Kier molecular flexibility index (Phi) is 9.45. The molecule has 0 unspecified atom stereocenters. The molecule has 2 N–H and O–H groups in total. The summed E-state index contributed by atoms with van der Waals surface area (Å²) in [6.45, 7) is 7.85. The SMILES string of the molecule is COc1ccc([Si](C)(C)[C@H]2[C@H](CCn3cc(CCO)nn3)O[C@@]3(C(=O)N(Cc4ccc(-n5[nH]c6ccccc6c5=O)cc4)c4ccc(Br)cc43)[C@@H]2C)cc1. The van der Waals surface area contributed by atoms with Gasteiger partial charge in [0.15, 0.2) is 5.60 Å². The molecule has 1 spiro atoms. The first-order chi connectivity index (χ1) is 26.0. The van der Waals surface area contributed by atoms with E-state index in [2.05, 4.69) is 69.6 Å². The third-order valence-electron chi connectivity index (χ3n) is 11.5. The van der Waals surface area contributed by atoms with Gasteiger partial charge in [-0.15, -0.1) is 5.10 Å². The molecular weight excluding hydrogens is 764 g/mol. The van der Waals surface area contributed by atoms with Gasteiger partial charge < -0.3 is 19.5 Å². The van der Waals surface area contributed by atoms with Gasteiger partial charge in [0.25, 0.3) is 11.5 Å². The first-order valence-corrected chi connectivity index (χ1v) is 22.2. The Bertz CT molecular complexity index is 2390. The molecule has 1 saturated heterocycles. The predicted octanol–water partition coefficient (Wildman–Crippen LogP) is 6.07. The fourth-order valence-corrected chi connectivity index (χ4v) is 13.2. The highest BCUT2D eigenvalue weighted by Crippen LogP contribution is 2.60. The number of carbonyl (C=O) groups is 1. The van der Waals surface area contributed by atoms with E-state index in [4.69, 9.17) is 9.47 Å². The summed E-state index contributed by atoms with van der Waals surface area (Å²) in [6.07, 6.45) is 2.70. The molecule has 0 bridgehead atoms. The summed E-state index contributed by atoms with van der Waals surface area (Å²) in [7, 11) is -0.663. The Balaban J connectivity index is 1.14. The van der Waals surface area contributed by atoms with Crippen LogP contribution in [0.1, 0.15) is 30.2 Å². The molecule has 54 heavy (non-hydrogen) atoms. The molecule has 1 amide bonds. The summed E-state index contributed by atoms with van der Waals surface area (Å²) < 4.78 is 17.0. The number of H-pyrrole nitrogens is 1. The average molecular weight is 808 g/mol. The van der Waals surface area contributed by atoms with Gasteiger partial charge in [-0.25, -0.2) is 4.68 Å². The zero-order valence-electron chi connectivity index (χ0n) is 30.7. The second kappa shape index (κ2) is 14.1. The summed E-state index contributed by atoms with van der Waals surface area (Å²) in [5, 5.41) is 23.1. The summed E-state index contributed by atoms with van der Waals surface area (Å²) in [5.74, 6) is 0.574. The Morgan fingerprint density at radius 2 is 1.78 bits per heavy atom. The molecule has 278 valence electrons. The Hall–Kier alpha value is -4.82. The predicted molar refractivity (Wildman–Crippen MR) is 214 cm³/mol. The molecular formula is C41H43BrN6O5Si. The smallest absolute Gasteiger partial charge is 0.279 e. The van der Waals surface area contributed by atoms with E-state index < -0.39 is 13.7 Å². The molecule has 2 aliphatic heterocycles. The van der Waals surface area contributed by atoms with Crippen molar-refractivity contribution < 1.29 is 19.4 Å². The zero-order valence-corrected chi connectivity index (χ0v) is 33.3. The highest BCUT2D eigenvalue weighted by molar-refractivity contribution is 9.10. The van der Waals surface area contributed by atoms with E-state index in [-0.39, 0.29) is 35.6 Å². The maximum absolute atomic E-state index is 15.2. The Morgan fingerprint density at radius 1 is 1.02 bits per heavy atom. The fourth-order valence-electron chi connectivity index (χ4n) is 8.82. The van der Waals surface area contributed by atoms with E-state index in [9.17, 15) is 9.90 Å². The number of nitrogens with one attached hydrogen (secondary N) is 1. The third-order valence-corrected chi connectivity index (χ3v) is 16.4. The van der Waals surface area contributed by atoms with Crippen LogP contribution in [-0.2, 0) is 34.6 Å². The number of aryl methyl sites for hydroxylation is 1. The van der Waals surface area contributed by atoms with Crippen LogP contribution in [0.5, 0.6) is 5.75 Å². The molecule has 11 nitrogen and oxygen atoms in total. The van der Waals surface area contributed by atoms with Gasteiger partial charge in [0.2, 0.25) is 0 Å². The van der Waals surface area contributed by atoms with Gasteiger partial charge in [0.05, 0.1) is 55.8 Å². The minimum Gasteiger partial charge on any atom is -0.497 e. The van der Waals surface area contributed by atoms with Crippen molar-refractivity contribution in [1.82, 2.24) is 24.8 Å². The zero-order chi connectivity index (χ0) is 37.8. The lowest BCUT2D eigenvalue weighted by atomic mass is 9.82. The van der Waals surface area contributed by atoms with Crippen molar-refractivity contribution >= 4 is 51.7 Å². The lowest BCUT2D eigenvalue weighted by molar-refractivity contribution is -0.146. The summed E-state index contributed by atoms with van der Waals surface area (Å²) >= 11 is 3.71. The van der Waals surface area contributed by atoms with Crippen LogP contribution in [0.2, 0.25) is 18.6 Å². The molecule has 4 atom stereocenters. The number of aromatic nitrogens is 5. The van der Waals surface area contributed by atoms with Crippen molar-refractivity contribution in [3.8, 4) is 11.4 Å². The lowest BCUT2D eigenvalue weighted by Gasteiger charge is -2.37. The number of aliphatic hydroxyl groups is 1. The number of methoxy groups -OCH3 is 1. The first-order valence-electron chi connectivity index (χ1n) is 18.3. The number of carbonyl (C=O) groups excluding carboxylic acids is 1. The average Bonchev–Trinajstić information content (AvgIpc) is 3.91. The van der Waals surface area contributed by atoms with E-state index in [0.717, 1.165) is 38.2 Å². The Labute approximate surface area is 322 Å². The highest BCUT2D eigenvalue weighted by Gasteiger charge is 2.66. The molecule has 8 rings (SSSR count). The van der Waals surface area contributed by atoms with Gasteiger partial charge in [-0.2, -0.15) is 0 Å². The van der Waals surface area contributed by atoms with E-state index in [0.29, 0.717) is 37.0 Å². The molecule has 4 heterocycles. The normalized spacial score (nSPS) is 21.0. The maximum Gasteiger partial charge on any atom is 0.279 e. The van der Waals surface area contributed by atoms with Crippen molar-refractivity contribution in [2.24, 2.45) is 5.92 Å². The number of amides is 1. The number of para-hydroxylation sites is 1.